The Morgan fingerprint density at radius 1 is 1.11 bits per heavy atom. The predicted molar refractivity (Wildman–Crippen MR) is 109 cm³/mol. The van der Waals surface area contributed by atoms with Crippen molar-refractivity contribution in [1.29, 1.82) is 0 Å². The van der Waals surface area contributed by atoms with Crippen molar-refractivity contribution in [2.24, 2.45) is 0 Å². The van der Waals surface area contributed by atoms with Crippen LogP contribution < -0.4 is 10.1 Å². The van der Waals surface area contributed by atoms with Crippen molar-refractivity contribution in [1.82, 2.24) is 9.38 Å². The van der Waals surface area contributed by atoms with Gasteiger partial charge in [-0.15, -0.1) is 11.3 Å². The number of ether oxygens (including phenoxy) is 1. The summed E-state index contributed by atoms with van der Waals surface area (Å²) in [7, 11) is 1.64. The van der Waals surface area contributed by atoms with Gasteiger partial charge in [0.25, 0.3) is 5.91 Å². The monoisotopic (exact) mass is 377 g/mol. The molecule has 0 aliphatic rings. The van der Waals surface area contributed by atoms with Crippen LogP contribution in [0, 0.1) is 13.8 Å². The van der Waals surface area contributed by atoms with E-state index in [-0.39, 0.29) is 5.91 Å². The number of carbonyl (C=O) groups excluding carboxylic acids is 1. The van der Waals surface area contributed by atoms with E-state index in [1.807, 2.05) is 72.3 Å². The molecule has 0 fully saturated rings. The van der Waals surface area contributed by atoms with E-state index < -0.39 is 0 Å². The Morgan fingerprint density at radius 2 is 1.81 bits per heavy atom. The van der Waals surface area contributed by atoms with Crippen LogP contribution in [0.1, 0.15) is 21.6 Å². The maximum absolute atomic E-state index is 12.9. The highest BCUT2D eigenvalue weighted by Crippen LogP contribution is 2.26. The zero-order chi connectivity index (χ0) is 19.0. The number of nitrogens with one attached hydrogen (secondary N) is 1. The standard InChI is InChI=1S/C21H19N3O2S/c1-13-5-4-6-14(2)19(13)23-20(25)18-12-27-21-22-17(11-24(18)21)15-7-9-16(26-3)10-8-15/h4-12H,1-3H3,(H,23,25). The number of para-hydroxylation sites is 1. The molecule has 0 aliphatic heterocycles. The van der Waals surface area contributed by atoms with Crippen LogP contribution >= 0.6 is 11.3 Å². The first-order chi connectivity index (χ1) is 13.1. The zero-order valence-electron chi connectivity index (χ0n) is 15.3. The maximum atomic E-state index is 12.9. The number of imidazole rings is 1. The van der Waals surface area contributed by atoms with E-state index in [2.05, 4.69) is 10.3 Å². The van der Waals surface area contributed by atoms with Crippen molar-refractivity contribution >= 4 is 27.9 Å². The van der Waals surface area contributed by atoms with Gasteiger partial charge in [0.1, 0.15) is 11.4 Å². The van der Waals surface area contributed by atoms with E-state index in [1.54, 1.807) is 7.11 Å². The molecule has 2 heterocycles. The van der Waals surface area contributed by atoms with E-state index in [9.17, 15) is 4.79 Å². The van der Waals surface area contributed by atoms with Gasteiger partial charge in [0.2, 0.25) is 0 Å². The highest BCUT2D eigenvalue weighted by atomic mass is 32.1. The second-order valence-electron chi connectivity index (χ2n) is 6.35. The molecule has 2 aromatic carbocycles. The number of aromatic nitrogens is 2. The molecule has 5 nitrogen and oxygen atoms in total. The number of methoxy groups -OCH3 is 1. The lowest BCUT2D eigenvalue weighted by atomic mass is 10.1. The van der Waals surface area contributed by atoms with E-state index in [1.165, 1.54) is 11.3 Å². The fourth-order valence-electron chi connectivity index (χ4n) is 3.04. The third kappa shape index (κ3) is 3.19. The number of anilines is 1. The van der Waals surface area contributed by atoms with Crippen LogP contribution in [0.2, 0.25) is 0 Å². The zero-order valence-corrected chi connectivity index (χ0v) is 16.1. The molecule has 2 aromatic heterocycles. The van der Waals surface area contributed by atoms with E-state index >= 15 is 0 Å². The van der Waals surface area contributed by atoms with Crippen LogP contribution in [-0.4, -0.2) is 22.4 Å². The summed E-state index contributed by atoms with van der Waals surface area (Å²) >= 11 is 1.45. The summed E-state index contributed by atoms with van der Waals surface area (Å²) in [6, 6.07) is 13.7. The summed E-state index contributed by atoms with van der Waals surface area (Å²) < 4.78 is 7.04. The molecule has 6 heteroatoms. The van der Waals surface area contributed by atoms with Crippen molar-refractivity contribution in [3.8, 4) is 17.0 Å². The van der Waals surface area contributed by atoms with E-state index in [0.29, 0.717) is 5.69 Å². The number of hydrogen-bond donors (Lipinski definition) is 1. The Bertz CT molecular complexity index is 1110. The lowest BCUT2D eigenvalue weighted by Crippen LogP contribution is -2.15. The summed E-state index contributed by atoms with van der Waals surface area (Å²) in [4.78, 5) is 18.3. The molecular weight excluding hydrogens is 358 g/mol. The number of hydrogen-bond acceptors (Lipinski definition) is 4. The van der Waals surface area contributed by atoms with Gasteiger partial charge in [-0.25, -0.2) is 4.98 Å². The lowest BCUT2D eigenvalue weighted by Gasteiger charge is -2.10. The number of carbonyl (C=O) groups is 1. The van der Waals surface area contributed by atoms with Gasteiger partial charge < -0.3 is 10.1 Å². The normalized spacial score (nSPS) is 10.9. The molecule has 4 rings (SSSR count). The molecule has 0 saturated heterocycles. The molecule has 0 bridgehead atoms. The molecule has 27 heavy (non-hydrogen) atoms. The molecule has 0 radical (unpaired) electrons. The second kappa shape index (κ2) is 6.89. The number of amides is 1. The fourth-order valence-corrected chi connectivity index (χ4v) is 3.89. The maximum Gasteiger partial charge on any atom is 0.273 e. The van der Waals surface area contributed by atoms with Crippen LogP contribution in [0.25, 0.3) is 16.2 Å². The minimum Gasteiger partial charge on any atom is -0.497 e. The molecule has 136 valence electrons. The molecule has 4 aromatic rings. The van der Waals surface area contributed by atoms with Crippen molar-refractivity contribution in [3.05, 3.63) is 70.9 Å². The van der Waals surface area contributed by atoms with E-state index in [0.717, 1.165) is 38.8 Å². The van der Waals surface area contributed by atoms with Gasteiger partial charge in [0.05, 0.1) is 12.8 Å². The Morgan fingerprint density at radius 3 is 2.48 bits per heavy atom. The molecule has 0 aliphatic carbocycles. The smallest absolute Gasteiger partial charge is 0.273 e. The van der Waals surface area contributed by atoms with Gasteiger partial charge in [-0.05, 0) is 49.2 Å². The van der Waals surface area contributed by atoms with Gasteiger partial charge in [0.15, 0.2) is 4.96 Å². The molecule has 0 unspecified atom stereocenters. The summed E-state index contributed by atoms with van der Waals surface area (Å²) in [6.45, 7) is 3.98. The number of benzene rings is 2. The van der Waals surface area contributed by atoms with Crippen LogP contribution in [0.5, 0.6) is 5.75 Å². The number of fused-ring (bicyclic) bond motifs is 1. The summed E-state index contributed by atoms with van der Waals surface area (Å²) in [5.74, 6) is 0.658. The summed E-state index contributed by atoms with van der Waals surface area (Å²) in [5, 5.41) is 4.88. The number of nitrogens with zero attached hydrogens (tertiary/aromatic N) is 2. The Hall–Kier alpha value is -3.12. The molecule has 1 amide bonds. The van der Waals surface area contributed by atoms with Crippen molar-refractivity contribution in [2.75, 3.05) is 12.4 Å². The van der Waals surface area contributed by atoms with E-state index in [4.69, 9.17) is 4.74 Å². The third-order valence-corrected chi connectivity index (χ3v) is 5.39. The third-order valence-electron chi connectivity index (χ3n) is 4.55. The minimum atomic E-state index is -0.141. The Kier molecular flexibility index (Phi) is 4.41. The number of aryl methyl sites for hydroxylation is 2. The average Bonchev–Trinajstić information content (AvgIpc) is 3.25. The first-order valence-electron chi connectivity index (χ1n) is 8.55. The van der Waals surface area contributed by atoms with Crippen LogP contribution in [0.15, 0.2) is 54.0 Å². The quantitative estimate of drug-likeness (QED) is 0.548. The van der Waals surface area contributed by atoms with Gasteiger partial charge in [-0.1, -0.05) is 18.2 Å². The Balaban J connectivity index is 1.66. The SMILES string of the molecule is COc1ccc(-c2cn3c(C(=O)Nc4c(C)cccc4C)csc3n2)cc1. The molecular formula is C21H19N3O2S. The molecule has 0 saturated carbocycles. The van der Waals surface area contributed by atoms with Crippen LogP contribution in [-0.2, 0) is 0 Å². The average molecular weight is 377 g/mol. The summed E-state index contributed by atoms with van der Waals surface area (Å²) in [5.41, 5.74) is 5.32. The molecule has 0 spiro atoms. The van der Waals surface area contributed by atoms with Crippen molar-refractivity contribution in [2.45, 2.75) is 13.8 Å². The van der Waals surface area contributed by atoms with Crippen molar-refractivity contribution < 1.29 is 9.53 Å². The van der Waals surface area contributed by atoms with Crippen LogP contribution in [0.4, 0.5) is 5.69 Å². The second-order valence-corrected chi connectivity index (χ2v) is 7.19. The van der Waals surface area contributed by atoms with Gasteiger partial charge in [-0.3, -0.25) is 9.20 Å². The largest absolute Gasteiger partial charge is 0.497 e. The highest BCUT2D eigenvalue weighted by molar-refractivity contribution is 7.15. The molecule has 1 N–H and O–H groups in total. The van der Waals surface area contributed by atoms with Gasteiger partial charge in [0, 0.05) is 22.8 Å². The van der Waals surface area contributed by atoms with Crippen LogP contribution in [0.3, 0.4) is 0 Å². The Labute approximate surface area is 161 Å². The first kappa shape index (κ1) is 17.3. The number of thiazole rings is 1. The lowest BCUT2D eigenvalue weighted by molar-refractivity contribution is 0.102. The van der Waals surface area contributed by atoms with Gasteiger partial charge in [-0.2, -0.15) is 0 Å². The highest BCUT2D eigenvalue weighted by Gasteiger charge is 2.16. The first-order valence-corrected chi connectivity index (χ1v) is 9.43. The van der Waals surface area contributed by atoms with Gasteiger partial charge >= 0.3 is 0 Å². The predicted octanol–water partition coefficient (Wildman–Crippen LogP) is 4.94. The minimum absolute atomic E-state index is 0.141. The number of rotatable bonds is 4. The van der Waals surface area contributed by atoms with Crippen molar-refractivity contribution in [3.63, 3.8) is 0 Å². The topological polar surface area (TPSA) is 55.6 Å². The summed E-state index contributed by atoms with van der Waals surface area (Å²) in [6.07, 6.45) is 1.90. The molecule has 0 atom stereocenters. The fraction of sp³-hybridized carbons (Fsp3) is 0.143.